The Kier molecular flexibility index (Phi) is 6.94. The summed E-state index contributed by atoms with van der Waals surface area (Å²) in [6.07, 6.45) is -3.16. The number of nitrogens with zero attached hydrogens (tertiary/aromatic N) is 2. The van der Waals surface area contributed by atoms with Gasteiger partial charge >= 0.3 is 11.0 Å². The first-order chi connectivity index (χ1) is 19.5. The monoisotopic (exact) mass is 663 g/mol. The minimum atomic E-state index is -4.59. The summed E-state index contributed by atoms with van der Waals surface area (Å²) in [5.41, 5.74) is -0.606. The number of rotatable bonds is 5. The first-order valence-corrected chi connectivity index (χ1v) is 14.6. The molecule has 2 aliphatic rings. The van der Waals surface area contributed by atoms with Crippen LogP contribution in [0.4, 0.5) is 24.5 Å². The molecule has 0 bridgehead atoms. The van der Waals surface area contributed by atoms with Crippen molar-refractivity contribution in [2.75, 3.05) is 10.2 Å². The molecule has 0 unspecified atom stereocenters. The average molecular weight is 664 g/mol. The van der Waals surface area contributed by atoms with E-state index < -0.39 is 58.0 Å². The second kappa shape index (κ2) is 10.3. The molecule has 6 rings (SSSR count). The number of hydrogen-bond donors (Lipinski definition) is 1. The van der Waals surface area contributed by atoms with Crippen molar-refractivity contribution in [2.24, 2.45) is 5.92 Å². The molecule has 4 aromatic rings. The van der Waals surface area contributed by atoms with Gasteiger partial charge in [-0.2, -0.15) is 13.2 Å². The number of imide groups is 1. The number of nitrogens with one attached hydrogen (secondary N) is 1. The van der Waals surface area contributed by atoms with Crippen molar-refractivity contribution >= 4 is 68.1 Å². The zero-order valence-electron chi connectivity index (χ0n) is 20.6. The van der Waals surface area contributed by atoms with Crippen LogP contribution in [-0.2, 0) is 27.1 Å². The number of halogens is 4. The summed E-state index contributed by atoms with van der Waals surface area (Å²) in [6.45, 7) is -0.505. The topological polar surface area (TPSA) is 102 Å². The standard InChI is InChI=1S/C27H17BrF3N3O5S2/c28-14-6-8-16(9-7-14)34-23(36)20-19(17-5-2-10-39-17)22-25(40-21(20)24(34)37)33(26(38)41-22)12-18(35)32-15-4-1-3-13(11-15)27(29,30)31/h1-11,19-21H,12H2,(H,32,35)/t19-,20-,21+/m0/s1. The summed E-state index contributed by atoms with van der Waals surface area (Å²) < 4.78 is 46.9. The maximum absolute atomic E-state index is 13.7. The molecule has 41 heavy (non-hydrogen) atoms. The van der Waals surface area contributed by atoms with E-state index in [1.807, 2.05) is 0 Å². The van der Waals surface area contributed by atoms with Crippen molar-refractivity contribution in [3.05, 3.63) is 97.3 Å². The van der Waals surface area contributed by atoms with Crippen LogP contribution in [0.3, 0.4) is 0 Å². The molecule has 1 fully saturated rings. The molecule has 2 aliphatic heterocycles. The number of thiazole rings is 1. The van der Waals surface area contributed by atoms with Gasteiger partial charge in [0.15, 0.2) is 0 Å². The SMILES string of the molecule is O=C(Cn1c2c(sc1=O)[C@@H](c1ccco1)[C@@H]1C(=O)N(c3ccc(Br)cc3)C(=O)[C@@H]1S2)Nc1cccc(C(F)(F)F)c1. The van der Waals surface area contributed by atoms with Crippen LogP contribution in [-0.4, -0.2) is 27.5 Å². The molecule has 0 saturated carbocycles. The highest BCUT2D eigenvalue weighted by molar-refractivity contribution is 9.10. The van der Waals surface area contributed by atoms with Gasteiger partial charge < -0.3 is 9.73 Å². The molecule has 210 valence electrons. The van der Waals surface area contributed by atoms with Crippen LogP contribution in [0.2, 0.25) is 0 Å². The highest BCUT2D eigenvalue weighted by Crippen LogP contribution is 2.54. The lowest BCUT2D eigenvalue weighted by Crippen LogP contribution is -2.32. The van der Waals surface area contributed by atoms with Crippen molar-refractivity contribution in [1.29, 1.82) is 0 Å². The highest BCUT2D eigenvalue weighted by atomic mass is 79.9. The van der Waals surface area contributed by atoms with Gasteiger partial charge in [-0.05, 0) is 54.6 Å². The van der Waals surface area contributed by atoms with Crippen LogP contribution >= 0.6 is 39.0 Å². The predicted molar refractivity (Wildman–Crippen MR) is 149 cm³/mol. The number of amides is 3. The summed E-state index contributed by atoms with van der Waals surface area (Å²) in [7, 11) is 0. The molecule has 3 atom stereocenters. The average Bonchev–Trinajstić information content (AvgIpc) is 3.62. The van der Waals surface area contributed by atoms with Gasteiger partial charge in [0, 0.05) is 10.2 Å². The molecule has 0 aliphatic carbocycles. The van der Waals surface area contributed by atoms with Crippen LogP contribution in [0.25, 0.3) is 0 Å². The number of anilines is 2. The third-order valence-corrected chi connectivity index (χ3v) is 9.89. The van der Waals surface area contributed by atoms with E-state index in [1.54, 1.807) is 36.4 Å². The van der Waals surface area contributed by atoms with Crippen molar-refractivity contribution < 1.29 is 32.0 Å². The van der Waals surface area contributed by atoms with E-state index in [-0.39, 0.29) is 5.69 Å². The van der Waals surface area contributed by atoms with Gasteiger partial charge in [0.2, 0.25) is 17.7 Å². The number of carbonyl (C=O) groups is 3. The molecule has 8 nitrogen and oxygen atoms in total. The molecule has 3 amide bonds. The maximum Gasteiger partial charge on any atom is 0.416 e. The summed E-state index contributed by atoms with van der Waals surface area (Å²) >= 11 is 5.21. The zero-order valence-corrected chi connectivity index (χ0v) is 23.8. The fourth-order valence-electron chi connectivity index (χ4n) is 4.99. The maximum atomic E-state index is 13.7. The van der Waals surface area contributed by atoms with E-state index in [0.717, 1.165) is 44.6 Å². The van der Waals surface area contributed by atoms with Crippen molar-refractivity contribution in [3.63, 3.8) is 0 Å². The number of furan rings is 1. The van der Waals surface area contributed by atoms with Crippen LogP contribution in [0.15, 0.2) is 85.6 Å². The summed E-state index contributed by atoms with van der Waals surface area (Å²) in [5, 5.41) is 1.84. The van der Waals surface area contributed by atoms with Crippen LogP contribution in [0.5, 0.6) is 0 Å². The Hall–Kier alpha value is -3.62. The van der Waals surface area contributed by atoms with Crippen molar-refractivity contribution in [1.82, 2.24) is 4.57 Å². The van der Waals surface area contributed by atoms with Gasteiger partial charge in [-0.1, -0.05) is 45.1 Å². The van der Waals surface area contributed by atoms with Crippen LogP contribution in [0.1, 0.15) is 22.1 Å². The molecule has 1 saturated heterocycles. The number of carbonyl (C=O) groups excluding carboxylic acids is 3. The van der Waals surface area contributed by atoms with Crippen molar-refractivity contribution in [2.45, 2.75) is 28.9 Å². The third-order valence-electron chi connectivity index (χ3n) is 6.76. The summed E-state index contributed by atoms with van der Waals surface area (Å²) in [4.78, 5) is 54.5. The first-order valence-electron chi connectivity index (χ1n) is 12.1. The van der Waals surface area contributed by atoms with E-state index in [0.29, 0.717) is 21.4 Å². The number of thioether (sulfide) groups is 1. The van der Waals surface area contributed by atoms with Gasteiger partial charge in [-0.3, -0.25) is 23.7 Å². The fourth-order valence-corrected chi connectivity index (χ4v) is 8.01. The third kappa shape index (κ3) is 4.93. The minimum absolute atomic E-state index is 0.0788. The van der Waals surface area contributed by atoms with Crippen LogP contribution < -0.4 is 15.1 Å². The molecule has 2 aromatic carbocycles. The quantitative estimate of drug-likeness (QED) is 0.274. The lowest BCUT2D eigenvalue weighted by Gasteiger charge is -2.29. The van der Waals surface area contributed by atoms with E-state index in [1.165, 1.54) is 23.0 Å². The molecule has 14 heteroatoms. The molecular weight excluding hydrogens is 647 g/mol. The molecular formula is C27H17BrF3N3O5S2. The number of alkyl halides is 3. The van der Waals surface area contributed by atoms with E-state index >= 15 is 0 Å². The normalized spacial score (nSPS) is 20.2. The Bertz CT molecular complexity index is 1730. The lowest BCUT2D eigenvalue weighted by molar-refractivity contribution is -0.137. The minimum Gasteiger partial charge on any atom is -0.469 e. The molecule has 0 spiro atoms. The van der Waals surface area contributed by atoms with E-state index in [2.05, 4.69) is 21.2 Å². The predicted octanol–water partition coefficient (Wildman–Crippen LogP) is 5.72. The van der Waals surface area contributed by atoms with Gasteiger partial charge in [0.1, 0.15) is 17.6 Å². The highest BCUT2D eigenvalue weighted by Gasteiger charge is 2.57. The largest absolute Gasteiger partial charge is 0.469 e. The number of aromatic nitrogens is 1. The Balaban J connectivity index is 1.35. The zero-order chi connectivity index (χ0) is 29.1. The van der Waals surface area contributed by atoms with Crippen molar-refractivity contribution in [3.8, 4) is 0 Å². The summed E-state index contributed by atoms with van der Waals surface area (Å²) in [6, 6.07) is 14.2. The first kappa shape index (κ1) is 27.5. The van der Waals surface area contributed by atoms with Crippen LogP contribution in [0, 0.1) is 5.92 Å². The van der Waals surface area contributed by atoms with E-state index in [9.17, 15) is 32.3 Å². The van der Waals surface area contributed by atoms with Gasteiger partial charge in [0.05, 0.1) is 39.3 Å². The second-order valence-electron chi connectivity index (χ2n) is 9.30. The Morgan fingerprint density at radius 3 is 2.46 bits per heavy atom. The Morgan fingerprint density at radius 2 is 1.78 bits per heavy atom. The smallest absolute Gasteiger partial charge is 0.416 e. The Labute approximate surface area is 246 Å². The Morgan fingerprint density at radius 1 is 1.02 bits per heavy atom. The molecule has 2 aromatic heterocycles. The summed E-state index contributed by atoms with van der Waals surface area (Å²) in [5.74, 6) is -2.85. The molecule has 4 heterocycles. The number of fused-ring (bicyclic) bond motifs is 2. The fraction of sp³-hybridized carbons (Fsp3) is 0.185. The molecule has 1 N–H and O–H groups in total. The second-order valence-corrected chi connectivity index (χ2v) is 12.3. The van der Waals surface area contributed by atoms with Gasteiger partial charge in [-0.15, -0.1) is 0 Å². The lowest BCUT2D eigenvalue weighted by atomic mass is 9.87. The van der Waals surface area contributed by atoms with E-state index in [4.69, 9.17) is 4.42 Å². The van der Waals surface area contributed by atoms with Gasteiger partial charge in [0.25, 0.3) is 0 Å². The van der Waals surface area contributed by atoms with Gasteiger partial charge in [-0.25, -0.2) is 4.90 Å². The molecule has 0 radical (unpaired) electrons. The number of benzene rings is 2. The number of hydrogen-bond acceptors (Lipinski definition) is 7.